The van der Waals surface area contributed by atoms with E-state index in [1.165, 1.54) is 23.5 Å². The van der Waals surface area contributed by atoms with Crippen molar-refractivity contribution in [2.75, 3.05) is 17.2 Å². The summed E-state index contributed by atoms with van der Waals surface area (Å²) in [5.74, 6) is -0.552. The number of hydrogen-bond donors (Lipinski definition) is 2. The maximum absolute atomic E-state index is 14.0. The van der Waals surface area contributed by atoms with Crippen molar-refractivity contribution in [3.63, 3.8) is 0 Å². The lowest BCUT2D eigenvalue weighted by Gasteiger charge is -2.34. The van der Waals surface area contributed by atoms with E-state index in [2.05, 4.69) is 15.6 Å². The van der Waals surface area contributed by atoms with E-state index in [-0.39, 0.29) is 18.0 Å². The molecule has 0 aliphatic carbocycles. The fourth-order valence-corrected chi connectivity index (χ4v) is 4.36. The topological polar surface area (TPSA) is 74.3 Å². The minimum Gasteiger partial charge on any atom is -0.324 e. The highest BCUT2D eigenvalue weighted by atomic mass is 32.1. The van der Waals surface area contributed by atoms with Gasteiger partial charge in [0.15, 0.2) is 0 Å². The normalized spacial score (nSPS) is 19.7. The molecule has 0 spiro atoms. The van der Waals surface area contributed by atoms with E-state index in [1.807, 2.05) is 5.38 Å². The van der Waals surface area contributed by atoms with Gasteiger partial charge in [0.25, 0.3) is 0 Å². The highest BCUT2D eigenvalue weighted by Crippen LogP contribution is 2.35. The van der Waals surface area contributed by atoms with Crippen LogP contribution in [0.5, 0.6) is 0 Å². The van der Waals surface area contributed by atoms with Crippen LogP contribution in [0.1, 0.15) is 42.3 Å². The van der Waals surface area contributed by atoms with Crippen LogP contribution in [0.4, 0.5) is 20.6 Å². The van der Waals surface area contributed by atoms with E-state index >= 15 is 0 Å². The molecule has 0 saturated carbocycles. The van der Waals surface area contributed by atoms with Gasteiger partial charge in [-0.2, -0.15) is 0 Å². The fraction of sp³-hybridized carbons (Fsp3) is 0.389. The largest absolute Gasteiger partial charge is 0.324 e. The number of piperidine rings is 1. The second-order valence-corrected chi connectivity index (χ2v) is 7.47. The van der Waals surface area contributed by atoms with Crippen LogP contribution in [0.25, 0.3) is 0 Å². The van der Waals surface area contributed by atoms with Gasteiger partial charge in [0, 0.05) is 24.5 Å². The van der Waals surface area contributed by atoms with Crippen molar-refractivity contribution in [1.82, 2.24) is 9.88 Å². The van der Waals surface area contributed by atoms with E-state index in [4.69, 9.17) is 0 Å². The molecule has 3 amide bonds. The molecule has 1 aromatic carbocycles. The van der Waals surface area contributed by atoms with Crippen LogP contribution in [0.2, 0.25) is 0 Å². The molecule has 0 radical (unpaired) electrons. The summed E-state index contributed by atoms with van der Waals surface area (Å²) in [4.78, 5) is 30.7. The highest BCUT2D eigenvalue weighted by molar-refractivity contribution is 7.09. The van der Waals surface area contributed by atoms with Crippen molar-refractivity contribution in [2.45, 2.75) is 38.1 Å². The summed E-state index contributed by atoms with van der Waals surface area (Å²) in [5, 5.41) is 8.37. The van der Waals surface area contributed by atoms with Gasteiger partial charge < -0.3 is 15.5 Å². The molecule has 136 valence electrons. The van der Waals surface area contributed by atoms with Gasteiger partial charge in [-0.25, -0.2) is 14.2 Å². The number of nitrogens with one attached hydrogen (secondary N) is 2. The SMILES string of the molecule is O=C1CCc2cc(F)cc(NC(=O)N3CCCCC3c3nccs3)c2N1. The molecule has 2 aliphatic heterocycles. The van der Waals surface area contributed by atoms with Crippen molar-refractivity contribution in [1.29, 1.82) is 0 Å². The third-order valence-electron chi connectivity index (χ3n) is 4.81. The molecule has 2 N–H and O–H groups in total. The molecule has 1 aromatic heterocycles. The zero-order chi connectivity index (χ0) is 18.1. The van der Waals surface area contributed by atoms with Crippen LogP contribution in [0, 0.1) is 5.82 Å². The maximum Gasteiger partial charge on any atom is 0.322 e. The Balaban J connectivity index is 1.60. The molecule has 4 rings (SSSR count). The molecule has 1 atom stereocenters. The number of benzene rings is 1. The lowest BCUT2D eigenvalue weighted by Crippen LogP contribution is -2.41. The molecule has 3 heterocycles. The molecule has 2 aromatic rings. The number of carbonyl (C=O) groups excluding carboxylic acids is 2. The van der Waals surface area contributed by atoms with Crippen LogP contribution in [-0.2, 0) is 11.2 Å². The Morgan fingerprint density at radius 3 is 3.04 bits per heavy atom. The Kier molecular flexibility index (Phi) is 4.58. The Labute approximate surface area is 154 Å². The molecule has 1 fully saturated rings. The quantitative estimate of drug-likeness (QED) is 0.836. The van der Waals surface area contributed by atoms with Crippen molar-refractivity contribution >= 4 is 34.6 Å². The number of aromatic nitrogens is 1. The first-order valence-electron chi connectivity index (χ1n) is 8.71. The predicted molar refractivity (Wildman–Crippen MR) is 97.8 cm³/mol. The van der Waals surface area contributed by atoms with E-state index in [0.717, 1.165) is 24.3 Å². The van der Waals surface area contributed by atoms with Gasteiger partial charge in [-0.15, -0.1) is 11.3 Å². The number of hydrogen-bond acceptors (Lipinski definition) is 4. The third kappa shape index (κ3) is 3.29. The summed E-state index contributed by atoms with van der Waals surface area (Å²) in [6, 6.07) is 2.30. The maximum atomic E-state index is 14.0. The zero-order valence-electron chi connectivity index (χ0n) is 14.1. The Bertz CT molecular complexity index is 840. The number of halogens is 1. The standard InChI is InChI=1S/C18H19FN4O2S/c19-12-9-11-4-5-15(24)22-16(11)13(10-12)21-18(25)23-7-2-1-3-14(23)17-20-6-8-26-17/h6,8-10,14H,1-5,7H2,(H,21,25)(H,22,24). The van der Waals surface area contributed by atoms with Crippen LogP contribution in [-0.4, -0.2) is 28.4 Å². The number of anilines is 2. The average Bonchev–Trinajstić information content (AvgIpc) is 3.17. The zero-order valence-corrected chi connectivity index (χ0v) is 14.9. The van der Waals surface area contributed by atoms with Gasteiger partial charge in [0.1, 0.15) is 10.8 Å². The molecular weight excluding hydrogens is 355 g/mol. The second kappa shape index (κ2) is 7.03. The number of amides is 3. The number of urea groups is 1. The summed E-state index contributed by atoms with van der Waals surface area (Å²) < 4.78 is 14.0. The molecule has 26 heavy (non-hydrogen) atoms. The lowest BCUT2D eigenvalue weighted by atomic mass is 10.0. The van der Waals surface area contributed by atoms with Gasteiger partial charge in [-0.3, -0.25) is 4.79 Å². The molecule has 8 heteroatoms. The van der Waals surface area contributed by atoms with Gasteiger partial charge >= 0.3 is 6.03 Å². The smallest absolute Gasteiger partial charge is 0.322 e. The summed E-state index contributed by atoms with van der Waals surface area (Å²) in [6.45, 7) is 0.625. The van der Waals surface area contributed by atoms with E-state index in [1.54, 1.807) is 11.1 Å². The van der Waals surface area contributed by atoms with E-state index in [0.29, 0.717) is 36.3 Å². The molecule has 1 saturated heterocycles. The minimum atomic E-state index is -0.426. The third-order valence-corrected chi connectivity index (χ3v) is 5.69. The molecule has 6 nitrogen and oxygen atoms in total. The van der Waals surface area contributed by atoms with Gasteiger partial charge in [-0.05, 0) is 43.4 Å². The Hall–Kier alpha value is -2.48. The number of nitrogens with zero attached hydrogens (tertiary/aromatic N) is 2. The second-order valence-electron chi connectivity index (χ2n) is 6.54. The molecule has 1 unspecified atom stereocenters. The first-order valence-corrected chi connectivity index (χ1v) is 9.59. The van der Waals surface area contributed by atoms with Crippen LogP contribution in [0.3, 0.4) is 0 Å². The van der Waals surface area contributed by atoms with Crippen LogP contribution < -0.4 is 10.6 Å². The molecular formula is C18H19FN4O2S. The van der Waals surface area contributed by atoms with Crippen LogP contribution >= 0.6 is 11.3 Å². The van der Waals surface area contributed by atoms with Crippen molar-refractivity contribution in [3.8, 4) is 0 Å². The van der Waals surface area contributed by atoms with Crippen molar-refractivity contribution in [2.24, 2.45) is 0 Å². The van der Waals surface area contributed by atoms with E-state index in [9.17, 15) is 14.0 Å². The number of carbonyl (C=O) groups is 2. The van der Waals surface area contributed by atoms with Gasteiger partial charge in [0.2, 0.25) is 5.91 Å². The number of aryl methyl sites for hydroxylation is 1. The summed E-state index contributed by atoms with van der Waals surface area (Å²) in [6.07, 6.45) is 5.35. The van der Waals surface area contributed by atoms with Crippen molar-refractivity contribution < 1.29 is 14.0 Å². The lowest BCUT2D eigenvalue weighted by molar-refractivity contribution is -0.116. The fourth-order valence-electron chi connectivity index (χ4n) is 3.57. The van der Waals surface area contributed by atoms with Gasteiger partial charge in [-0.1, -0.05) is 0 Å². The first kappa shape index (κ1) is 17.0. The van der Waals surface area contributed by atoms with Crippen molar-refractivity contribution in [3.05, 3.63) is 40.1 Å². The van der Waals surface area contributed by atoms with E-state index < -0.39 is 5.82 Å². The Morgan fingerprint density at radius 1 is 1.35 bits per heavy atom. The molecule has 2 aliphatic rings. The number of fused-ring (bicyclic) bond motifs is 1. The number of rotatable bonds is 2. The highest BCUT2D eigenvalue weighted by Gasteiger charge is 2.30. The predicted octanol–water partition coefficient (Wildman–Crippen LogP) is 3.93. The Morgan fingerprint density at radius 2 is 2.23 bits per heavy atom. The summed E-state index contributed by atoms with van der Waals surface area (Å²) in [7, 11) is 0. The number of likely N-dealkylation sites (tertiary alicyclic amines) is 1. The number of thiazole rings is 1. The summed E-state index contributed by atoms with van der Waals surface area (Å²) in [5.41, 5.74) is 1.51. The first-order chi connectivity index (χ1) is 12.6. The monoisotopic (exact) mass is 374 g/mol. The average molecular weight is 374 g/mol. The van der Waals surface area contributed by atoms with Crippen LogP contribution in [0.15, 0.2) is 23.7 Å². The minimum absolute atomic E-state index is 0.0669. The molecule has 0 bridgehead atoms. The van der Waals surface area contributed by atoms with Gasteiger partial charge in [0.05, 0.1) is 17.4 Å². The summed E-state index contributed by atoms with van der Waals surface area (Å²) >= 11 is 1.53.